The molecule has 90 valence electrons. The zero-order valence-electron chi connectivity index (χ0n) is 10.7. The molecule has 1 aromatic heterocycles. The minimum Gasteiger partial charge on any atom is -0.309 e. The molecule has 1 N–H and O–H groups in total. The molecular formula is C14H18N2S. The van der Waals surface area contributed by atoms with Gasteiger partial charge in [-0.05, 0) is 38.9 Å². The van der Waals surface area contributed by atoms with Crippen molar-refractivity contribution < 1.29 is 0 Å². The molecule has 0 aliphatic heterocycles. The highest BCUT2D eigenvalue weighted by Crippen LogP contribution is 2.29. The third-order valence-corrected chi connectivity index (χ3v) is 4.07. The second kappa shape index (κ2) is 4.98. The van der Waals surface area contributed by atoms with Crippen molar-refractivity contribution in [1.82, 2.24) is 10.3 Å². The number of thiazole rings is 1. The molecule has 2 nitrogen and oxygen atoms in total. The molecule has 3 heteroatoms. The molecule has 1 heterocycles. The standard InChI is InChI=1S/C14H18N2S/c1-9-5-6-12(10(2)7-9)13(15-4)14-11(3)16-8-17-14/h5-8,13,15H,1-4H3. The van der Waals surface area contributed by atoms with Gasteiger partial charge < -0.3 is 5.32 Å². The highest BCUT2D eigenvalue weighted by atomic mass is 32.1. The Morgan fingerprint density at radius 3 is 2.53 bits per heavy atom. The van der Waals surface area contributed by atoms with Gasteiger partial charge in [0.15, 0.2) is 0 Å². The zero-order chi connectivity index (χ0) is 12.4. The van der Waals surface area contributed by atoms with E-state index in [4.69, 9.17) is 0 Å². The van der Waals surface area contributed by atoms with Crippen molar-refractivity contribution in [2.24, 2.45) is 0 Å². The van der Waals surface area contributed by atoms with Gasteiger partial charge in [-0.2, -0.15) is 0 Å². The lowest BCUT2D eigenvalue weighted by molar-refractivity contribution is 0.693. The first-order valence-corrected chi connectivity index (χ1v) is 6.66. The van der Waals surface area contributed by atoms with Crippen molar-refractivity contribution in [1.29, 1.82) is 0 Å². The van der Waals surface area contributed by atoms with Crippen molar-refractivity contribution >= 4 is 11.3 Å². The molecule has 0 bridgehead atoms. The van der Waals surface area contributed by atoms with Crippen LogP contribution in [-0.4, -0.2) is 12.0 Å². The van der Waals surface area contributed by atoms with Crippen LogP contribution in [0.25, 0.3) is 0 Å². The molecule has 0 radical (unpaired) electrons. The Morgan fingerprint density at radius 1 is 1.24 bits per heavy atom. The fourth-order valence-electron chi connectivity index (χ4n) is 2.17. The summed E-state index contributed by atoms with van der Waals surface area (Å²) in [5.74, 6) is 0. The van der Waals surface area contributed by atoms with Crippen LogP contribution in [0.5, 0.6) is 0 Å². The van der Waals surface area contributed by atoms with Crippen LogP contribution in [0.1, 0.15) is 33.3 Å². The molecule has 1 atom stereocenters. The Morgan fingerprint density at radius 2 is 2.00 bits per heavy atom. The van der Waals surface area contributed by atoms with Crippen molar-refractivity contribution in [3.63, 3.8) is 0 Å². The molecule has 0 amide bonds. The van der Waals surface area contributed by atoms with Crippen LogP contribution in [0.4, 0.5) is 0 Å². The van der Waals surface area contributed by atoms with Gasteiger partial charge in [0.2, 0.25) is 0 Å². The summed E-state index contributed by atoms with van der Waals surface area (Å²) in [6.07, 6.45) is 0. The summed E-state index contributed by atoms with van der Waals surface area (Å²) in [5.41, 5.74) is 7.01. The minimum atomic E-state index is 0.253. The first-order valence-electron chi connectivity index (χ1n) is 5.78. The molecular weight excluding hydrogens is 228 g/mol. The van der Waals surface area contributed by atoms with E-state index >= 15 is 0 Å². The second-order valence-electron chi connectivity index (χ2n) is 4.38. The molecule has 0 aliphatic rings. The Balaban J connectivity index is 2.46. The molecule has 2 rings (SSSR count). The largest absolute Gasteiger partial charge is 0.309 e. The maximum absolute atomic E-state index is 4.34. The van der Waals surface area contributed by atoms with Gasteiger partial charge in [0, 0.05) is 4.88 Å². The summed E-state index contributed by atoms with van der Waals surface area (Å²) in [6.45, 7) is 6.37. The first kappa shape index (κ1) is 12.3. The monoisotopic (exact) mass is 246 g/mol. The quantitative estimate of drug-likeness (QED) is 0.898. The van der Waals surface area contributed by atoms with Gasteiger partial charge in [0.1, 0.15) is 0 Å². The van der Waals surface area contributed by atoms with Gasteiger partial charge in [0.05, 0.1) is 17.2 Å². The van der Waals surface area contributed by atoms with E-state index in [-0.39, 0.29) is 6.04 Å². The maximum Gasteiger partial charge on any atom is 0.0798 e. The van der Waals surface area contributed by atoms with E-state index in [1.165, 1.54) is 21.6 Å². The zero-order valence-corrected chi connectivity index (χ0v) is 11.6. The topological polar surface area (TPSA) is 24.9 Å². The van der Waals surface area contributed by atoms with Gasteiger partial charge in [0.25, 0.3) is 0 Å². The van der Waals surface area contributed by atoms with Crippen LogP contribution in [0.2, 0.25) is 0 Å². The van der Waals surface area contributed by atoms with Crippen LogP contribution >= 0.6 is 11.3 Å². The molecule has 0 aliphatic carbocycles. The van der Waals surface area contributed by atoms with Crippen molar-refractivity contribution in [3.05, 3.63) is 51.0 Å². The number of nitrogens with zero attached hydrogens (tertiary/aromatic N) is 1. The third kappa shape index (κ3) is 2.40. The number of aryl methyl sites for hydroxylation is 3. The van der Waals surface area contributed by atoms with Gasteiger partial charge in [-0.3, -0.25) is 0 Å². The van der Waals surface area contributed by atoms with Crippen molar-refractivity contribution in [3.8, 4) is 0 Å². The van der Waals surface area contributed by atoms with E-state index in [1.54, 1.807) is 11.3 Å². The lowest BCUT2D eigenvalue weighted by atomic mass is 9.98. The minimum absolute atomic E-state index is 0.253. The van der Waals surface area contributed by atoms with Gasteiger partial charge >= 0.3 is 0 Å². The number of hydrogen-bond acceptors (Lipinski definition) is 3. The molecule has 0 fully saturated rings. The fourth-order valence-corrected chi connectivity index (χ4v) is 3.09. The summed E-state index contributed by atoms with van der Waals surface area (Å²) in [4.78, 5) is 5.64. The predicted molar refractivity (Wildman–Crippen MR) is 73.7 cm³/mol. The summed E-state index contributed by atoms with van der Waals surface area (Å²) in [5, 5.41) is 3.39. The summed E-state index contributed by atoms with van der Waals surface area (Å²) in [6, 6.07) is 6.87. The van der Waals surface area contributed by atoms with Crippen LogP contribution in [0.3, 0.4) is 0 Å². The van der Waals surface area contributed by atoms with E-state index in [9.17, 15) is 0 Å². The van der Waals surface area contributed by atoms with Crippen LogP contribution in [0, 0.1) is 20.8 Å². The van der Waals surface area contributed by atoms with E-state index in [2.05, 4.69) is 49.3 Å². The Kier molecular flexibility index (Phi) is 3.60. The SMILES string of the molecule is CNC(c1ccc(C)cc1C)c1scnc1C. The molecule has 0 spiro atoms. The molecule has 17 heavy (non-hydrogen) atoms. The van der Waals surface area contributed by atoms with Crippen molar-refractivity contribution in [2.45, 2.75) is 26.8 Å². The molecule has 1 unspecified atom stereocenters. The average Bonchev–Trinajstić information content (AvgIpc) is 2.69. The lowest BCUT2D eigenvalue weighted by Crippen LogP contribution is -2.18. The van der Waals surface area contributed by atoms with Crippen LogP contribution in [-0.2, 0) is 0 Å². The third-order valence-electron chi connectivity index (χ3n) is 3.07. The molecule has 0 saturated heterocycles. The van der Waals surface area contributed by atoms with Crippen molar-refractivity contribution in [2.75, 3.05) is 7.05 Å². The highest BCUT2D eigenvalue weighted by molar-refractivity contribution is 7.09. The average molecular weight is 246 g/mol. The Hall–Kier alpha value is -1.19. The lowest BCUT2D eigenvalue weighted by Gasteiger charge is -2.18. The summed E-state index contributed by atoms with van der Waals surface area (Å²) >= 11 is 1.72. The van der Waals surface area contributed by atoms with Crippen LogP contribution < -0.4 is 5.32 Å². The normalized spacial score (nSPS) is 12.7. The number of benzene rings is 1. The van der Waals surface area contributed by atoms with Gasteiger partial charge in [-0.15, -0.1) is 11.3 Å². The summed E-state index contributed by atoms with van der Waals surface area (Å²) < 4.78 is 0. The molecule has 0 saturated carbocycles. The fraction of sp³-hybridized carbons (Fsp3) is 0.357. The number of aromatic nitrogens is 1. The smallest absolute Gasteiger partial charge is 0.0798 e. The van der Waals surface area contributed by atoms with Crippen LogP contribution in [0.15, 0.2) is 23.7 Å². The second-order valence-corrected chi connectivity index (χ2v) is 5.27. The van der Waals surface area contributed by atoms with E-state index < -0.39 is 0 Å². The number of nitrogens with one attached hydrogen (secondary N) is 1. The van der Waals surface area contributed by atoms with E-state index in [0.29, 0.717) is 0 Å². The van der Waals surface area contributed by atoms with E-state index in [1.807, 2.05) is 12.6 Å². The predicted octanol–water partition coefficient (Wildman–Crippen LogP) is 3.38. The molecule has 1 aromatic carbocycles. The highest BCUT2D eigenvalue weighted by Gasteiger charge is 2.17. The maximum atomic E-state index is 4.34. The van der Waals surface area contributed by atoms with Gasteiger partial charge in [-0.1, -0.05) is 23.8 Å². The Labute approximate surface area is 107 Å². The number of rotatable bonds is 3. The number of hydrogen-bond donors (Lipinski definition) is 1. The van der Waals surface area contributed by atoms with Gasteiger partial charge in [-0.25, -0.2) is 4.98 Å². The molecule has 2 aromatic rings. The first-order chi connectivity index (χ1) is 8.13. The summed E-state index contributed by atoms with van der Waals surface area (Å²) in [7, 11) is 2.00. The van der Waals surface area contributed by atoms with E-state index in [0.717, 1.165) is 5.69 Å². The Bertz CT molecular complexity index is 517.